The van der Waals surface area contributed by atoms with Crippen LogP contribution in [-0.2, 0) is 4.74 Å². The zero-order chi connectivity index (χ0) is 17.8. The molecule has 1 aliphatic heterocycles. The summed E-state index contributed by atoms with van der Waals surface area (Å²) in [5.74, 6) is 6.30. The average Bonchev–Trinajstić information content (AvgIpc) is 3.10. The van der Waals surface area contributed by atoms with Crippen LogP contribution in [0.4, 0.5) is 4.79 Å². The topological polar surface area (TPSA) is 64.1 Å². The monoisotopic (exact) mass is 341 g/mol. The van der Waals surface area contributed by atoms with Gasteiger partial charge in [0.15, 0.2) is 6.10 Å². The van der Waals surface area contributed by atoms with E-state index in [1.807, 2.05) is 54.6 Å². The van der Waals surface area contributed by atoms with E-state index >= 15 is 0 Å². The van der Waals surface area contributed by atoms with Gasteiger partial charge in [0.2, 0.25) is 0 Å². The summed E-state index contributed by atoms with van der Waals surface area (Å²) >= 11 is 0. The summed E-state index contributed by atoms with van der Waals surface area (Å²) in [4.78, 5) is 11.8. The third-order valence-electron chi connectivity index (χ3n) is 4.07. The predicted octanol–water partition coefficient (Wildman–Crippen LogP) is 3.40. The maximum Gasteiger partial charge on any atom is 0.408 e. The molecule has 2 atom stereocenters. The molecule has 1 amide bonds. The lowest BCUT2D eigenvalue weighted by molar-refractivity contribution is 0.129. The van der Waals surface area contributed by atoms with Crippen molar-refractivity contribution in [1.82, 2.24) is 15.5 Å². The van der Waals surface area contributed by atoms with Crippen molar-refractivity contribution in [3.05, 3.63) is 95.3 Å². The molecule has 0 radical (unpaired) electrons. The fraction of sp³-hybridized carbons (Fsp3) is 0.0952. The number of nitrogens with one attached hydrogen (secondary N) is 1. The van der Waals surface area contributed by atoms with Crippen molar-refractivity contribution >= 4 is 6.09 Å². The minimum absolute atomic E-state index is 0.335. The summed E-state index contributed by atoms with van der Waals surface area (Å²) < 4.78 is 5.39. The molecule has 0 aliphatic carbocycles. The Balaban J connectivity index is 1.63. The molecular weight excluding hydrogens is 326 g/mol. The van der Waals surface area contributed by atoms with Gasteiger partial charge in [-0.25, -0.2) is 4.79 Å². The molecule has 1 aliphatic rings. The van der Waals surface area contributed by atoms with Gasteiger partial charge in [-0.05, 0) is 42.0 Å². The van der Waals surface area contributed by atoms with Gasteiger partial charge in [-0.1, -0.05) is 42.2 Å². The standard InChI is InChI=1S/C21H15N3O2/c25-21-23-19(20(26-21)18-10-5-13-22-24-18)17-9-4-8-16(14-17)12-11-15-6-2-1-3-7-15/h1-10,13-14,19-20H,(H,23,25)/t19-,20-/m0/s1. The zero-order valence-corrected chi connectivity index (χ0v) is 13.8. The number of nitrogens with zero attached hydrogens (tertiary/aromatic N) is 2. The van der Waals surface area contributed by atoms with Crippen molar-refractivity contribution < 1.29 is 9.53 Å². The highest BCUT2D eigenvalue weighted by molar-refractivity contribution is 5.71. The molecule has 26 heavy (non-hydrogen) atoms. The largest absolute Gasteiger partial charge is 0.437 e. The number of ether oxygens (including phenoxy) is 1. The van der Waals surface area contributed by atoms with Crippen LogP contribution in [-0.4, -0.2) is 16.3 Å². The first-order valence-corrected chi connectivity index (χ1v) is 8.21. The number of hydrogen-bond acceptors (Lipinski definition) is 4. The molecule has 0 spiro atoms. The number of carbonyl (C=O) groups excluding carboxylic acids is 1. The molecule has 126 valence electrons. The molecule has 5 heteroatoms. The van der Waals surface area contributed by atoms with Crippen molar-refractivity contribution in [3.8, 4) is 11.8 Å². The molecule has 4 rings (SSSR count). The van der Waals surface area contributed by atoms with Crippen LogP contribution in [0.1, 0.15) is 34.5 Å². The quantitative estimate of drug-likeness (QED) is 0.726. The van der Waals surface area contributed by atoms with E-state index < -0.39 is 12.2 Å². The van der Waals surface area contributed by atoms with Crippen LogP contribution < -0.4 is 5.32 Å². The smallest absolute Gasteiger partial charge is 0.408 e. The molecular formula is C21H15N3O2. The number of cyclic esters (lactones) is 1. The van der Waals surface area contributed by atoms with Crippen molar-refractivity contribution in [2.75, 3.05) is 0 Å². The summed E-state index contributed by atoms with van der Waals surface area (Å²) in [6, 6.07) is 20.8. The Kier molecular flexibility index (Phi) is 4.31. The van der Waals surface area contributed by atoms with Gasteiger partial charge in [0, 0.05) is 17.3 Å². The first-order valence-electron chi connectivity index (χ1n) is 8.21. The van der Waals surface area contributed by atoms with Crippen LogP contribution >= 0.6 is 0 Å². The summed E-state index contributed by atoms with van der Waals surface area (Å²) in [6.45, 7) is 0. The third-order valence-corrected chi connectivity index (χ3v) is 4.07. The molecule has 0 saturated carbocycles. The van der Waals surface area contributed by atoms with E-state index in [9.17, 15) is 4.79 Å². The first-order chi connectivity index (χ1) is 12.8. The van der Waals surface area contributed by atoms with Crippen LogP contribution in [0.25, 0.3) is 0 Å². The van der Waals surface area contributed by atoms with E-state index in [4.69, 9.17) is 4.74 Å². The van der Waals surface area contributed by atoms with Crippen molar-refractivity contribution in [1.29, 1.82) is 0 Å². The molecule has 0 bridgehead atoms. The van der Waals surface area contributed by atoms with Crippen molar-refractivity contribution in [2.45, 2.75) is 12.1 Å². The summed E-state index contributed by atoms with van der Waals surface area (Å²) in [6.07, 6.45) is 0.600. The van der Waals surface area contributed by atoms with E-state index in [1.54, 1.807) is 18.3 Å². The Bertz CT molecular complexity index is 978. The first kappa shape index (κ1) is 15.9. The van der Waals surface area contributed by atoms with Gasteiger partial charge >= 0.3 is 6.09 Å². The van der Waals surface area contributed by atoms with Gasteiger partial charge < -0.3 is 10.1 Å². The molecule has 5 nitrogen and oxygen atoms in total. The van der Waals surface area contributed by atoms with Crippen molar-refractivity contribution in [3.63, 3.8) is 0 Å². The number of hydrogen-bond donors (Lipinski definition) is 1. The lowest BCUT2D eigenvalue weighted by atomic mass is 9.98. The van der Waals surface area contributed by atoms with Crippen molar-refractivity contribution in [2.24, 2.45) is 0 Å². The zero-order valence-electron chi connectivity index (χ0n) is 13.8. The fourth-order valence-electron chi connectivity index (χ4n) is 2.85. The Morgan fingerprint density at radius 2 is 1.73 bits per heavy atom. The van der Waals surface area contributed by atoms with E-state index in [1.165, 1.54) is 0 Å². The van der Waals surface area contributed by atoms with Crippen LogP contribution in [0.5, 0.6) is 0 Å². The Morgan fingerprint density at radius 3 is 2.54 bits per heavy atom. The van der Waals surface area contributed by atoms with E-state index in [2.05, 4.69) is 27.4 Å². The highest BCUT2D eigenvalue weighted by Crippen LogP contribution is 2.35. The molecule has 1 saturated heterocycles. The SMILES string of the molecule is O=C1N[C@@H](c2cccc(C#Cc3ccccc3)c2)[C@H](c2cccnn2)O1. The lowest BCUT2D eigenvalue weighted by Gasteiger charge is -2.16. The maximum absolute atomic E-state index is 11.8. The molecule has 1 N–H and O–H groups in total. The Labute approximate surface area is 151 Å². The molecule has 1 fully saturated rings. The number of amides is 1. The minimum Gasteiger partial charge on any atom is -0.437 e. The van der Waals surface area contributed by atoms with Gasteiger partial charge in [0.1, 0.15) is 11.7 Å². The number of benzene rings is 2. The Hall–Kier alpha value is -3.65. The fourth-order valence-corrected chi connectivity index (χ4v) is 2.85. The van der Waals surface area contributed by atoms with Gasteiger partial charge in [-0.15, -0.1) is 0 Å². The summed E-state index contributed by atoms with van der Waals surface area (Å²) in [5, 5.41) is 10.8. The molecule has 2 aromatic carbocycles. The Morgan fingerprint density at radius 1 is 0.923 bits per heavy atom. The summed E-state index contributed by atoms with van der Waals surface area (Å²) in [7, 11) is 0. The van der Waals surface area contributed by atoms with Gasteiger partial charge in [0.05, 0.1) is 0 Å². The lowest BCUT2D eigenvalue weighted by Crippen LogP contribution is -2.20. The molecule has 3 aromatic rings. The van der Waals surface area contributed by atoms with Crippen LogP contribution in [0.2, 0.25) is 0 Å². The van der Waals surface area contributed by atoms with E-state index in [0.717, 1.165) is 16.7 Å². The highest BCUT2D eigenvalue weighted by atomic mass is 16.6. The second-order valence-corrected chi connectivity index (χ2v) is 5.84. The molecule has 1 aromatic heterocycles. The highest BCUT2D eigenvalue weighted by Gasteiger charge is 2.37. The van der Waals surface area contributed by atoms with E-state index in [0.29, 0.717) is 5.69 Å². The molecule has 0 unspecified atom stereocenters. The van der Waals surface area contributed by atoms with Crippen LogP contribution in [0.15, 0.2) is 72.9 Å². The van der Waals surface area contributed by atoms with Gasteiger partial charge in [-0.3, -0.25) is 0 Å². The minimum atomic E-state index is -0.520. The number of alkyl carbamates (subject to hydrolysis) is 1. The maximum atomic E-state index is 11.8. The average molecular weight is 341 g/mol. The van der Waals surface area contributed by atoms with Gasteiger partial charge in [0.25, 0.3) is 0 Å². The third kappa shape index (κ3) is 3.40. The number of rotatable bonds is 2. The van der Waals surface area contributed by atoms with Gasteiger partial charge in [-0.2, -0.15) is 10.2 Å². The second-order valence-electron chi connectivity index (χ2n) is 5.84. The number of carbonyl (C=O) groups is 1. The second kappa shape index (κ2) is 7.08. The number of aromatic nitrogens is 2. The van der Waals surface area contributed by atoms with E-state index in [-0.39, 0.29) is 6.04 Å². The summed E-state index contributed by atoms with van der Waals surface area (Å²) in [5.41, 5.74) is 3.33. The normalized spacial score (nSPS) is 18.4. The predicted molar refractivity (Wildman–Crippen MR) is 96.0 cm³/mol. The molecule has 2 heterocycles. The van der Waals surface area contributed by atoms with Crippen LogP contribution in [0, 0.1) is 11.8 Å². The van der Waals surface area contributed by atoms with Crippen LogP contribution in [0.3, 0.4) is 0 Å².